The third-order valence-corrected chi connectivity index (χ3v) is 4.13. The molecule has 0 unspecified atom stereocenters. The van der Waals surface area contributed by atoms with Crippen LogP contribution in [-0.4, -0.2) is 16.1 Å². The Morgan fingerprint density at radius 1 is 1.05 bits per heavy atom. The number of imidazole rings is 1. The maximum atomic E-state index is 5.77. The number of fused-ring (bicyclic) bond motifs is 1. The van der Waals surface area contributed by atoms with Crippen LogP contribution in [0.1, 0.15) is 29.4 Å². The molecule has 114 valence electrons. The SMILES string of the molecule is CCc1ccc2c(c1)nc(CCN)n2Cc1ccc(C)cc1. The molecule has 3 nitrogen and oxygen atoms in total. The van der Waals surface area contributed by atoms with Crippen molar-refractivity contribution in [2.45, 2.75) is 33.2 Å². The molecule has 22 heavy (non-hydrogen) atoms. The summed E-state index contributed by atoms with van der Waals surface area (Å²) in [5, 5.41) is 0. The molecule has 3 rings (SSSR count). The van der Waals surface area contributed by atoms with Crippen molar-refractivity contribution in [3.05, 3.63) is 65.0 Å². The number of hydrogen-bond acceptors (Lipinski definition) is 2. The van der Waals surface area contributed by atoms with E-state index >= 15 is 0 Å². The first kappa shape index (κ1) is 14.8. The fraction of sp³-hybridized carbons (Fsp3) is 0.316. The predicted octanol–water partition coefficient (Wildman–Crippen LogP) is 3.46. The topological polar surface area (TPSA) is 43.8 Å². The number of aromatic nitrogens is 2. The van der Waals surface area contributed by atoms with E-state index in [1.807, 2.05) is 0 Å². The second-order valence-electron chi connectivity index (χ2n) is 5.82. The van der Waals surface area contributed by atoms with E-state index < -0.39 is 0 Å². The maximum Gasteiger partial charge on any atom is 0.111 e. The smallest absolute Gasteiger partial charge is 0.111 e. The molecule has 2 aromatic carbocycles. The van der Waals surface area contributed by atoms with Crippen molar-refractivity contribution < 1.29 is 0 Å². The Morgan fingerprint density at radius 2 is 1.77 bits per heavy atom. The molecule has 0 aliphatic heterocycles. The van der Waals surface area contributed by atoms with E-state index in [0.717, 1.165) is 30.7 Å². The highest BCUT2D eigenvalue weighted by Gasteiger charge is 2.11. The molecular formula is C19H23N3. The molecule has 1 aromatic heterocycles. The lowest BCUT2D eigenvalue weighted by Gasteiger charge is -2.09. The predicted molar refractivity (Wildman–Crippen MR) is 92.2 cm³/mol. The van der Waals surface area contributed by atoms with Gasteiger partial charge in [-0.1, -0.05) is 42.8 Å². The molecule has 0 saturated carbocycles. The van der Waals surface area contributed by atoms with E-state index in [1.54, 1.807) is 0 Å². The average Bonchev–Trinajstić information content (AvgIpc) is 2.86. The van der Waals surface area contributed by atoms with Gasteiger partial charge in [-0.05, 0) is 43.1 Å². The van der Waals surface area contributed by atoms with Crippen LogP contribution in [0.2, 0.25) is 0 Å². The van der Waals surface area contributed by atoms with Crippen molar-refractivity contribution >= 4 is 11.0 Å². The Morgan fingerprint density at radius 3 is 2.45 bits per heavy atom. The summed E-state index contributed by atoms with van der Waals surface area (Å²) >= 11 is 0. The van der Waals surface area contributed by atoms with Crippen LogP contribution in [0.15, 0.2) is 42.5 Å². The zero-order valence-electron chi connectivity index (χ0n) is 13.3. The van der Waals surface area contributed by atoms with Gasteiger partial charge in [-0.2, -0.15) is 0 Å². The first-order chi connectivity index (χ1) is 10.7. The largest absolute Gasteiger partial charge is 0.330 e. The molecule has 0 saturated heterocycles. The quantitative estimate of drug-likeness (QED) is 0.783. The third kappa shape index (κ3) is 2.90. The summed E-state index contributed by atoms with van der Waals surface area (Å²) in [6.45, 7) is 5.75. The first-order valence-electron chi connectivity index (χ1n) is 7.95. The molecule has 0 aliphatic carbocycles. The summed E-state index contributed by atoms with van der Waals surface area (Å²) in [5.41, 5.74) is 11.9. The number of benzene rings is 2. The number of aryl methyl sites for hydroxylation is 2. The molecule has 0 bridgehead atoms. The zero-order valence-corrected chi connectivity index (χ0v) is 13.3. The number of rotatable bonds is 5. The van der Waals surface area contributed by atoms with Gasteiger partial charge in [0.1, 0.15) is 5.82 Å². The van der Waals surface area contributed by atoms with E-state index in [-0.39, 0.29) is 0 Å². The van der Waals surface area contributed by atoms with E-state index in [9.17, 15) is 0 Å². The van der Waals surface area contributed by atoms with Gasteiger partial charge in [0, 0.05) is 13.0 Å². The Hall–Kier alpha value is -2.13. The standard InChI is InChI=1S/C19H23N3/c1-3-15-8-9-18-17(12-15)21-19(10-11-20)22(18)13-16-6-4-14(2)5-7-16/h4-9,12H,3,10-11,13,20H2,1-2H3. The van der Waals surface area contributed by atoms with Crippen LogP contribution in [0.25, 0.3) is 11.0 Å². The average molecular weight is 293 g/mol. The van der Waals surface area contributed by atoms with Crippen LogP contribution in [-0.2, 0) is 19.4 Å². The normalized spacial score (nSPS) is 11.2. The lowest BCUT2D eigenvalue weighted by molar-refractivity contribution is 0.734. The van der Waals surface area contributed by atoms with Gasteiger partial charge in [0.05, 0.1) is 11.0 Å². The van der Waals surface area contributed by atoms with Crippen molar-refractivity contribution in [2.75, 3.05) is 6.54 Å². The highest BCUT2D eigenvalue weighted by atomic mass is 15.1. The molecule has 1 heterocycles. The second kappa shape index (κ2) is 6.32. The van der Waals surface area contributed by atoms with Crippen LogP contribution >= 0.6 is 0 Å². The van der Waals surface area contributed by atoms with Gasteiger partial charge in [0.25, 0.3) is 0 Å². The summed E-state index contributed by atoms with van der Waals surface area (Å²) in [5.74, 6) is 1.08. The summed E-state index contributed by atoms with van der Waals surface area (Å²) < 4.78 is 2.30. The summed E-state index contributed by atoms with van der Waals surface area (Å²) in [6.07, 6.45) is 1.84. The van der Waals surface area contributed by atoms with Crippen molar-refractivity contribution in [3.8, 4) is 0 Å². The number of nitrogens with two attached hydrogens (primary N) is 1. The molecule has 0 spiro atoms. The van der Waals surface area contributed by atoms with Gasteiger partial charge in [0.2, 0.25) is 0 Å². The number of nitrogens with zero attached hydrogens (tertiary/aromatic N) is 2. The van der Waals surface area contributed by atoms with Gasteiger partial charge >= 0.3 is 0 Å². The van der Waals surface area contributed by atoms with Gasteiger partial charge < -0.3 is 10.3 Å². The number of hydrogen-bond donors (Lipinski definition) is 1. The Kier molecular flexibility index (Phi) is 4.25. The lowest BCUT2D eigenvalue weighted by Crippen LogP contribution is -2.10. The van der Waals surface area contributed by atoms with Gasteiger partial charge in [-0.3, -0.25) is 0 Å². The van der Waals surface area contributed by atoms with Crippen LogP contribution < -0.4 is 5.73 Å². The maximum absolute atomic E-state index is 5.77. The van der Waals surface area contributed by atoms with Crippen molar-refractivity contribution in [1.82, 2.24) is 9.55 Å². The van der Waals surface area contributed by atoms with E-state index in [4.69, 9.17) is 10.7 Å². The fourth-order valence-electron chi connectivity index (χ4n) is 2.82. The molecule has 3 heteroatoms. The molecule has 0 radical (unpaired) electrons. The molecule has 0 fully saturated rings. The van der Waals surface area contributed by atoms with Crippen LogP contribution in [0.3, 0.4) is 0 Å². The molecule has 3 aromatic rings. The molecule has 0 atom stereocenters. The summed E-state index contributed by atoms with van der Waals surface area (Å²) in [7, 11) is 0. The molecule has 0 amide bonds. The Labute approximate surface area is 131 Å². The van der Waals surface area contributed by atoms with E-state index in [2.05, 4.69) is 60.9 Å². The van der Waals surface area contributed by atoms with Gasteiger partial charge in [-0.25, -0.2) is 4.98 Å². The Balaban J connectivity index is 2.05. The van der Waals surface area contributed by atoms with Crippen molar-refractivity contribution in [3.63, 3.8) is 0 Å². The molecule has 0 aliphatic rings. The van der Waals surface area contributed by atoms with Crippen molar-refractivity contribution in [1.29, 1.82) is 0 Å². The first-order valence-corrected chi connectivity index (χ1v) is 7.95. The van der Waals surface area contributed by atoms with Crippen LogP contribution in [0.4, 0.5) is 0 Å². The second-order valence-corrected chi connectivity index (χ2v) is 5.82. The minimum atomic E-state index is 0.623. The minimum Gasteiger partial charge on any atom is -0.330 e. The van der Waals surface area contributed by atoms with Crippen LogP contribution in [0, 0.1) is 6.92 Å². The fourth-order valence-corrected chi connectivity index (χ4v) is 2.82. The van der Waals surface area contributed by atoms with Crippen molar-refractivity contribution in [2.24, 2.45) is 5.73 Å². The molecular weight excluding hydrogens is 270 g/mol. The summed E-state index contributed by atoms with van der Waals surface area (Å²) in [4.78, 5) is 4.81. The lowest BCUT2D eigenvalue weighted by atomic mass is 10.1. The van der Waals surface area contributed by atoms with E-state index in [0.29, 0.717) is 6.54 Å². The highest BCUT2D eigenvalue weighted by Crippen LogP contribution is 2.20. The highest BCUT2D eigenvalue weighted by molar-refractivity contribution is 5.77. The van der Waals surface area contributed by atoms with Crippen LogP contribution in [0.5, 0.6) is 0 Å². The molecule has 2 N–H and O–H groups in total. The summed E-state index contributed by atoms with van der Waals surface area (Å²) in [6, 6.07) is 15.3. The van der Waals surface area contributed by atoms with Gasteiger partial charge in [-0.15, -0.1) is 0 Å². The minimum absolute atomic E-state index is 0.623. The third-order valence-electron chi connectivity index (χ3n) is 4.13. The van der Waals surface area contributed by atoms with Gasteiger partial charge in [0.15, 0.2) is 0 Å². The zero-order chi connectivity index (χ0) is 15.5. The monoisotopic (exact) mass is 293 g/mol. The Bertz CT molecular complexity index is 769. The van der Waals surface area contributed by atoms with E-state index in [1.165, 1.54) is 22.2 Å².